The lowest BCUT2D eigenvalue weighted by Gasteiger charge is -2.35. The predicted octanol–water partition coefficient (Wildman–Crippen LogP) is 3.35. The van der Waals surface area contributed by atoms with Crippen LogP contribution in [0.4, 0.5) is 0 Å². The third kappa shape index (κ3) is 4.39. The van der Waals surface area contributed by atoms with Crippen molar-refractivity contribution in [3.05, 3.63) is 29.3 Å². The first-order valence-electron chi connectivity index (χ1n) is 8.73. The number of carbonyl (C=O) groups excluding carboxylic acids is 1. The van der Waals surface area contributed by atoms with E-state index in [0.717, 1.165) is 23.1 Å². The number of rotatable bonds is 5. The number of amides is 1. The molecular formula is C18H23ClN4O2S. The maximum Gasteiger partial charge on any atom is 0.233 e. The van der Waals surface area contributed by atoms with Crippen LogP contribution in [0, 0.1) is 0 Å². The average molecular weight is 395 g/mol. The Labute approximate surface area is 162 Å². The Hall–Kier alpha value is -1.57. The molecule has 26 heavy (non-hydrogen) atoms. The van der Waals surface area contributed by atoms with Crippen LogP contribution in [0.25, 0.3) is 11.4 Å². The van der Waals surface area contributed by atoms with Crippen LogP contribution in [-0.2, 0) is 16.1 Å². The molecule has 2 unspecified atom stereocenters. The molecule has 140 valence electrons. The number of morpholine rings is 1. The zero-order valence-corrected chi connectivity index (χ0v) is 16.8. The Morgan fingerprint density at radius 1 is 1.23 bits per heavy atom. The second kappa shape index (κ2) is 8.41. The van der Waals surface area contributed by atoms with E-state index in [2.05, 4.69) is 10.2 Å². The van der Waals surface area contributed by atoms with E-state index in [4.69, 9.17) is 16.3 Å². The zero-order valence-electron chi connectivity index (χ0n) is 15.2. The Bertz CT molecular complexity index is 755. The van der Waals surface area contributed by atoms with Crippen molar-refractivity contribution in [2.45, 2.75) is 44.7 Å². The van der Waals surface area contributed by atoms with Gasteiger partial charge in [0.2, 0.25) is 5.91 Å². The molecule has 1 saturated heterocycles. The Morgan fingerprint density at radius 2 is 1.88 bits per heavy atom. The summed E-state index contributed by atoms with van der Waals surface area (Å²) in [4.78, 5) is 14.4. The molecule has 1 fully saturated rings. The molecule has 2 aromatic rings. The molecule has 0 radical (unpaired) electrons. The summed E-state index contributed by atoms with van der Waals surface area (Å²) in [5, 5.41) is 10.0. The van der Waals surface area contributed by atoms with Gasteiger partial charge in [0.05, 0.1) is 18.0 Å². The van der Waals surface area contributed by atoms with Gasteiger partial charge in [0.25, 0.3) is 0 Å². The standard InChI is InChI=1S/C18H23ClN4O2S/c1-4-23-17(14-5-7-15(19)8-6-14)20-21-18(23)26-11-16(24)22-9-12(2)25-13(3)10-22/h5-8,12-13H,4,9-11H2,1-3H3. The van der Waals surface area contributed by atoms with Gasteiger partial charge in [0, 0.05) is 30.2 Å². The highest BCUT2D eigenvalue weighted by Gasteiger charge is 2.26. The van der Waals surface area contributed by atoms with Gasteiger partial charge < -0.3 is 14.2 Å². The number of hydrogen-bond donors (Lipinski definition) is 0. The summed E-state index contributed by atoms with van der Waals surface area (Å²) in [6.45, 7) is 8.04. The van der Waals surface area contributed by atoms with Gasteiger partial charge in [0.1, 0.15) is 0 Å². The second-order valence-corrected chi connectivity index (χ2v) is 7.78. The minimum atomic E-state index is 0.0727. The van der Waals surface area contributed by atoms with E-state index in [1.54, 1.807) is 0 Å². The molecule has 0 N–H and O–H groups in total. The summed E-state index contributed by atoms with van der Waals surface area (Å²) in [7, 11) is 0. The highest BCUT2D eigenvalue weighted by Crippen LogP contribution is 2.25. The average Bonchev–Trinajstić information content (AvgIpc) is 3.02. The molecule has 3 rings (SSSR count). The predicted molar refractivity (Wildman–Crippen MR) is 103 cm³/mol. The first-order valence-corrected chi connectivity index (χ1v) is 10.1. The van der Waals surface area contributed by atoms with Crippen LogP contribution in [0.5, 0.6) is 0 Å². The first kappa shape index (κ1) is 19.2. The van der Waals surface area contributed by atoms with Crippen LogP contribution >= 0.6 is 23.4 Å². The third-order valence-corrected chi connectivity index (χ3v) is 5.44. The van der Waals surface area contributed by atoms with Crippen LogP contribution in [0.15, 0.2) is 29.4 Å². The number of carbonyl (C=O) groups is 1. The zero-order chi connectivity index (χ0) is 18.7. The van der Waals surface area contributed by atoms with Crippen molar-refractivity contribution in [2.24, 2.45) is 0 Å². The molecule has 8 heteroatoms. The number of nitrogens with zero attached hydrogens (tertiary/aromatic N) is 4. The van der Waals surface area contributed by atoms with Crippen LogP contribution in [0.3, 0.4) is 0 Å². The molecule has 2 heterocycles. The molecule has 2 atom stereocenters. The van der Waals surface area contributed by atoms with E-state index in [9.17, 15) is 4.79 Å². The van der Waals surface area contributed by atoms with E-state index in [1.165, 1.54) is 11.8 Å². The summed E-state index contributed by atoms with van der Waals surface area (Å²) in [5.41, 5.74) is 0.956. The molecule has 1 aliphatic heterocycles. The fraction of sp³-hybridized carbons (Fsp3) is 0.500. The van der Waals surface area contributed by atoms with Crippen molar-refractivity contribution in [1.82, 2.24) is 19.7 Å². The first-order chi connectivity index (χ1) is 12.5. The quantitative estimate of drug-likeness (QED) is 0.728. The maximum absolute atomic E-state index is 12.6. The molecule has 0 saturated carbocycles. The molecular weight excluding hydrogens is 372 g/mol. The Kier molecular flexibility index (Phi) is 6.21. The van der Waals surface area contributed by atoms with E-state index in [1.807, 2.05) is 54.5 Å². The summed E-state index contributed by atoms with van der Waals surface area (Å²) in [6, 6.07) is 7.52. The van der Waals surface area contributed by atoms with Crippen molar-refractivity contribution in [3.8, 4) is 11.4 Å². The topological polar surface area (TPSA) is 60.2 Å². The minimum Gasteiger partial charge on any atom is -0.372 e. The molecule has 1 aliphatic rings. The van der Waals surface area contributed by atoms with Gasteiger partial charge >= 0.3 is 0 Å². The fourth-order valence-electron chi connectivity index (χ4n) is 3.09. The lowest BCUT2D eigenvalue weighted by molar-refractivity contribution is -0.140. The van der Waals surface area contributed by atoms with Gasteiger partial charge in [-0.15, -0.1) is 10.2 Å². The highest BCUT2D eigenvalue weighted by molar-refractivity contribution is 7.99. The summed E-state index contributed by atoms with van der Waals surface area (Å²) < 4.78 is 7.71. The number of aromatic nitrogens is 3. The fourth-order valence-corrected chi connectivity index (χ4v) is 4.12. The molecule has 1 amide bonds. The number of halogens is 1. The molecule has 1 aromatic heterocycles. The summed E-state index contributed by atoms with van der Waals surface area (Å²) in [5.74, 6) is 1.24. The van der Waals surface area contributed by atoms with E-state index < -0.39 is 0 Å². The number of ether oxygens (including phenoxy) is 1. The lowest BCUT2D eigenvalue weighted by Crippen LogP contribution is -2.48. The van der Waals surface area contributed by atoms with Gasteiger partial charge in [-0.3, -0.25) is 4.79 Å². The second-order valence-electron chi connectivity index (χ2n) is 6.40. The van der Waals surface area contributed by atoms with Gasteiger partial charge in [-0.25, -0.2) is 0 Å². The molecule has 6 nitrogen and oxygen atoms in total. The third-order valence-electron chi connectivity index (χ3n) is 4.23. The van der Waals surface area contributed by atoms with Crippen LogP contribution in [0.1, 0.15) is 20.8 Å². The van der Waals surface area contributed by atoms with Crippen molar-refractivity contribution < 1.29 is 9.53 Å². The number of thioether (sulfide) groups is 1. The highest BCUT2D eigenvalue weighted by atomic mass is 35.5. The van der Waals surface area contributed by atoms with Gasteiger partial charge in [-0.2, -0.15) is 0 Å². The minimum absolute atomic E-state index is 0.0727. The largest absolute Gasteiger partial charge is 0.372 e. The van der Waals surface area contributed by atoms with Crippen molar-refractivity contribution >= 4 is 29.3 Å². The van der Waals surface area contributed by atoms with E-state index >= 15 is 0 Å². The molecule has 0 aliphatic carbocycles. The van der Waals surface area contributed by atoms with Gasteiger partial charge in [-0.05, 0) is 45.0 Å². The van der Waals surface area contributed by atoms with E-state index in [0.29, 0.717) is 23.9 Å². The van der Waals surface area contributed by atoms with Crippen LogP contribution in [-0.4, -0.2) is 56.6 Å². The normalized spacial score (nSPS) is 20.4. The molecule has 1 aromatic carbocycles. The lowest BCUT2D eigenvalue weighted by atomic mass is 10.2. The summed E-state index contributed by atoms with van der Waals surface area (Å²) in [6.07, 6.45) is 0.145. The molecule has 0 spiro atoms. The van der Waals surface area contributed by atoms with Gasteiger partial charge in [0.15, 0.2) is 11.0 Å². The monoisotopic (exact) mass is 394 g/mol. The van der Waals surface area contributed by atoms with Crippen molar-refractivity contribution in [1.29, 1.82) is 0 Å². The SMILES string of the molecule is CCn1c(SCC(=O)N2CC(C)OC(C)C2)nnc1-c1ccc(Cl)cc1. The maximum atomic E-state index is 12.6. The number of hydrogen-bond acceptors (Lipinski definition) is 5. The van der Waals surface area contributed by atoms with Crippen LogP contribution < -0.4 is 0 Å². The summed E-state index contributed by atoms with van der Waals surface area (Å²) >= 11 is 7.38. The van der Waals surface area contributed by atoms with Crippen LogP contribution in [0.2, 0.25) is 5.02 Å². The number of benzene rings is 1. The van der Waals surface area contributed by atoms with Gasteiger partial charge in [-0.1, -0.05) is 23.4 Å². The molecule has 0 bridgehead atoms. The smallest absolute Gasteiger partial charge is 0.233 e. The Morgan fingerprint density at radius 3 is 2.50 bits per heavy atom. The van der Waals surface area contributed by atoms with Crippen molar-refractivity contribution in [2.75, 3.05) is 18.8 Å². The Balaban J connectivity index is 1.68. The van der Waals surface area contributed by atoms with E-state index in [-0.39, 0.29) is 18.1 Å². The van der Waals surface area contributed by atoms with Crippen molar-refractivity contribution in [3.63, 3.8) is 0 Å².